The first-order valence-corrected chi connectivity index (χ1v) is 15.3. The average Bonchev–Trinajstić information content (AvgIpc) is 3.23. The van der Waals surface area contributed by atoms with Crippen molar-refractivity contribution in [2.75, 3.05) is 0 Å². The third-order valence-electron chi connectivity index (χ3n) is 3.56. The van der Waals surface area contributed by atoms with Crippen LogP contribution in [0.4, 0.5) is 0 Å². The Morgan fingerprint density at radius 2 is 1.18 bits per heavy atom. The predicted molar refractivity (Wildman–Crippen MR) is 93.3 cm³/mol. The molecule has 0 aliphatic heterocycles. The number of furan rings is 3. The van der Waals surface area contributed by atoms with E-state index in [1.807, 2.05) is 36.4 Å². The molecule has 0 spiro atoms. The van der Waals surface area contributed by atoms with E-state index in [4.69, 9.17) is 13.3 Å². The normalized spacial score (nSPS) is 13.0. The quantitative estimate of drug-likeness (QED) is 0.646. The Morgan fingerprint density at radius 3 is 1.45 bits per heavy atom. The van der Waals surface area contributed by atoms with Crippen molar-refractivity contribution in [3.63, 3.8) is 0 Å². The molecule has 3 aromatic heterocycles. The van der Waals surface area contributed by atoms with E-state index in [1.165, 1.54) is 0 Å². The first-order valence-electron chi connectivity index (χ1n) is 7.35. The van der Waals surface area contributed by atoms with Crippen LogP contribution in [-0.4, -0.2) is 21.3 Å². The van der Waals surface area contributed by atoms with Crippen LogP contribution >= 0.6 is 0 Å². The Morgan fingerprint density at radius 1 is 0.773 bits per heavy atom. The zero-order valence-electron chi connectivity index (χ0n) is 13.1. The summed E-state index contributed by atoms with van der Waals surface area (Å²) in [5.74, 6) is 0. The predicted octanol–water partition coefficient (Wildman–Crippen LogP) is 2.91. The van der Waals surface area contributed by atoms with Gasteiger partial charge in [0.05, 0.1) is 0 Å². The van der Waals surface area contributed by atoms with E-state index in [9.17, 15) is 0 Å². The molecule has 0 aliphatic rings. The van der Waals surface area contributed by atoms with Gasteiger partial charge < -0.3 is 0 Å². The minimum absolute atomic E-state index is 0.972. The SMILES string of the molecule is C[Si](C)(C)/C=[CH]/[Ge]([c]1ccco1)([c]1ccco1)[c]1ccco1. The molecular weight excluding hydrogens is 353 g/mol. The Bertz CT molecular complexity index is 635. The van der Waals surface area contributed by atoms with Crippen molar-refractivity contribution in [3.8, 4) is 0 Å². The van der Waals surface area contributed by atoms with Crippen LogP contribution in [0.1, 0.15) is 0 Å². The first-order chi connectivity index (χ1) is 10.5. The maximum atomic E-state index is 5.84. The van der Waals surface area contributed by atoms with Crippen LogP contribution in [0, 0.1) is 0 Å². The van der Waals surface area contributed by atoms with Crippen LogP contribution in [0.5, 0.6) is 0 Å². The van der Waals surface area contributed by atoms with Crippen molar-refractivity contribution in [1.82, 2.24) is 0 Å². The molecule has 0 radical (unpaired) electrons. The maximum absolute atomic E-state index is 5.84. The molecule has 0 fully saturated rings. The zero-order chi connectivity index (χ0) is 15.6. The number of hydrogen-bond donors (Lipinski definition) is 0. The molecule has 0 atom stereocenters. The van der Waals surface area contributed by atoms with Crippen LogP contribution in [0.25, 0.3) is 0 Å². The Kier molecular flexibility index (Phi) is 4.05. The average molecular weight is 373 g/mol. The van der Waals surface area contributed by atoms with Gasteiger partial charge in [-0.3, -0.25) is 0 Å². The van der Waals surface area contributed by atoms with Crippen molar-refractivity contribution in [3.05, 3.63) is 65.8 Å². The molecule has 0 aromatic carbocycles. The molecule has 0 saturated heterocycles. The van der Waals surface area contributed by atoms with E-state index in [2.05, 4.69) is 30.2 Å². The molecule has 0 bridgehead atoms. The molecule has 0 aliphatic carbocycles. The summed E-state index contributed by atoms with van der Waals surface area (Å²) in [7, 11) is -1.36. The van der Waals surface area contributed by atoms with Gasteiger partial charge >= 0.3 is 134 Å². The number of rotatable bonds is 5. The molecule has 114 valence electrons. The Balaban J connectivity index is 2.26. The van der Waals surface area contributed by atoms with Gasteiger partial charge in [-0.1, -0.05) is 0 Å². The van der Waals surface area contributed by atoms with Crippen LogP contribution in [-0.2, 0) is 0 Å². The van der Waals surface area contributed by atoms with Gasteiger partial charge in [0.1, 0.15) is 0 Å². The van der Waals surface area contributed by atoms with Crippen molar-refractivity contribution in [2.24, 2.45) is 0 Å². The van der Waals surface area contributed by atoms with Gasteiger partial charge in [-0.2, -0.15) is 0 Å². The van der Waals surface area contributed by atoms with Crippen molar-refractivity contribution >= 4 is 35.1 Å². The fraction of sp³-hybridized carbons (Fsp3) is 0.176. The van der Waals surface area contributed by atoms with Crippen LogP contribution in [0.3, 0.4) is 0 Å². The summed E-state index contributed by atoms with van der Waals surface area (Å²) in [6.07, 6.45) is 5.18. The van der Waals surface area contributed by atoms with Gasteiger partial charge in [0.2, 0.25) is 0 Å². The fourth-order valence-electron chi connectivity index (χ4n) is 2.49. The molecule has 3 rings (SSSR count). The van der Waals surface area contributed by atoms with Crippen LogP contribution in [0.2, 0.25) is 19.6 Å². The van der Waals surface area contributed by atoms with E-state index in [1.54, 1.807) is 18.8 Å². The monoisotopic (exact) mass is 374 g/mol. The zero-order valence-corrected chi connectivity index (χ0v) is 16.2. The molecule has 22 heavy (non-hydrogen) atoms. The summed E-state index contributed by atoms with van der Waals surface area (Å²) >= 11 is -3.17. The van der Waals surface area contributed by atoms with E-state index < -0.39 is 21.3 Å². The van der Waals surface area contributed by atoms with Gasteiger partial charge in [-0.25, -0.2) is 0 Å². The van der Waals surface area contributed by atoms with Gasteiger partial charge in [0, 0.05) is 0 Å². The van der Waals surface area contributed by atoms with E-state index in [0.717, 1.165) is 13.8 Å². The van der Waals surface area contributed by atoms with E-state index in [-0.39, 0.29) is 0 Å². The summed E-state index contributed by atoms with van der Waals surface area (Å²) in [4.78, 5) is 2.35. The molecule has 0 N–H and O–H groups in total. The third kappa shape index (κ3) is 2.80. The van der Waals surface area contributed by atoms with Gasteiger partial charge in [-0.05, 0) is 0 Å². The second-order valence-electron chi connectivity index (χ2n) is 6.44. The molecule has 0 saturated carbocycles. The second kappa shape index (κ2) is 5.85. The van der Waals surface area contributed by atoms with Crippen LogP contribution < -0.4 is 13.8 Å². The molecule has 0 unspecified atom stereocenters. The minimum atomic E-state index is -3.17. The van der Waals surface area contributed by atoms with Gasteiger partial charge in [-0.15, -0.1) is 0 Å². The summed E-state index contributed by atoms with van der Waals surface area (Å²) in [6.45, 7) is 6.97. The Hall–Kier alpha value is -1.66. The van der Waals surface area contributed by atoms with Crippen molar-refractivity contribution in [1.29, 1.82) is 0 Å². The summed E-state index contributed by atoms with van der Waals surface area (Å²) in [6, 6.07) is 11.9. The third-order valence-corrected chi connectivity index (χ3v) is 13.5. The molecule has 3 aromatic rings. The summed E-state index contributed by atoms with van der Waals surface area (Å²) in [5.41, 5.74) is 2.38. The summed E-state index contributed by atoms with van der Waals surface area (Å²) < 4.78 is 20.4. The molecule has 0 amide bonds. The Labute approximate surface area is 134 Å². The number of hydrogen-bond acceptors (Lipinski definition) is 3. The second-order valence-corrected chi connectivity index (χ2v) is 18.7. The van der Waals surface area contributed by atoms with E-state index in [0.29, 0.717) is 0 Å². The van der Waals surface area contributed by atoms with Crippen molar-refractivity contribution < 1.29 is 13.3 Å². The molecule has 3 heterocycles. The van der Waals surface area contributed by atoms with E-state index >= 15 is 0 Å². The summed E-state index contributed by atoms with van der Waals surface area (Å²) in [5, 5.41) is 0. The van der Waals surface area contributed by atoms with Gasteiger partial charge in [0.15, 0.2) is 0 Å². The fourth-order valence-corrected chi connectivity index (χ4v) is 14.4. The molecule has 5 heteroatoms. The molecule has 3 nitrogen and oxygen atoms in total. The topological polar surface area (TPSA) is 39.4 Å². The van der Waals surface area contributed by atoms with Gasteiger partial charge in [0.25, 0.3) is 0 Å². The van der Waals surface area contributed by atoms with Crippen molar-refractivity contribution in [2.45, 2.75) is 19.6 Å². The standard InChI is InChI=1S/C17H20GeO3Si/c1-22(2,3)14-10-18(15-7-4-11-19-15,16-8-5-12-20-16)17-9-6-13-21-17/h4-14H,1-3H3/b14-10+. The first kappa shape index (κ1) is 15.2. The molecular formula is C17H20GeO3Si. The van der Waals surface area contributed by atoms with Crippen LogP contribution in [0.15, 0.2) is 79.0 Å².